The monoisotopic (exact) mass is 211 g/mol. The Morgan fingerprint density at radius 2 is 2.27 bits per heavy atom. The van der Waals surface area contributed by atoms with Gasteiger partial charge in [-0.25, -0.2) is 4.68 Å². The predicted molar refractivity (Wildman–Crippen MR) is 47.4 cm³/mol. The van der Waals surface area contributed by atoms with E-state index in [1.54, 1.807) is 0 Å². The molecule has 0 aliphatic rings. The molecule has 1 rings (SSSR count). The van der Waals surface area contributed by atoms with Gasteiger partial charge in [0.2, 0.25) is 5.91 Å². The fourth-order valence-electron chi connectivity index (χ4n) is 0.789. The smallest absolute Gasteiger partial charge is 0.260 e. The zero-order valence-electron chi connectivity index (χ0n) is 7.93. The molecular formula is C7H9N5O3. The van der Waals surface area contributed by atoms with Crippen LogP contribution in [0.2, 0.25) is 0 Å². The van der Waals surface area contributed by atoms with Crippen LogP contribution in [-0.4, -0.2) is 33.1 Å². The molecule has 1 heterocycles. The Hall–Kier alpha value is -2.25. The van der Waals surface area contributed by atoms with E-state index in [-0.39, 0.29) is 18.1 Å². The molecule has 0 aliphatic heterocycles. The molecule has 0 aliphatic carbocycles. The second-order valence-electron chi connectivity index (χ2n) is 2.69. The van der Waals surface area contributed by atoms with Gasteiger partial charge in [-0.1, -0.05) is 5.21 Å². The maximum absolute atomic E-state index is 11.1. The molecule has 8 nitrogen and oxygen atoms in total. The van der Waals surface area contributed by atoms with Crippen molar-refractivity contribution in [1.82, 2.24) is 25.8 Å². The number of hydrazine groups is 1. The average Bonchev–Trinajstić information content (AvgIpc) is 2.62. The van der Waals surface area contributed by atoms with Crippen molar-refractivity contribution in [3.8, 4) is 0 Å². The summed E-state index contributed by atoms with van der Waals surface area (Å²) in [6.45, 7) is 1.14. The van der Waals surface area contributed by atoms with E-state index in [0.29, 0.717) is 6.29 Å². The standard InChI is InChI=1S/C7H9N5O3/c1-5(14)8-10-7(15)3-12-2-6(4-13)9-11-12/h2,4H,3H2,1H3,(H,8,14)(H,10,15). The van der Waals surface area contributed by atoms with E-state index in [9.17, 15) is 14.4 Å². The summed E-state index contributed by atoms with van der Waals surface area (Å²) in [7, 11) is 0. The summed E-state index contributed by atoms with van der Waals surface area (Å²) in [4.78, 5) is 31.8. The van der Waals surface area contributed by atoms with Gasteiger partial charge >= 0.3 is 0 Å². The minimum Gasteiger partial charge on any atom is -0.296 e. The van der Waals surface area contributed by atoms with Gasteiger partial charge in [0.15, 0.2) is 6.29 Å². The number of carbonyl (C=O) groups excluding carboxylic acids is 3. The summed E-state index contributed by atoms with van der Waals surface area (Å²) in [6, 6.07) is 0. The van der Waals surface area contributed by atoms with Gasteiger partial charge in [0.05, 0.1) is 6.20 Å². The van der Waals surface area contributed by atoms with Crippen LogP contribution in [0.15, 0.2) is 6.20 Å². The molecule has 0 fully saturated rings. The third kappa shape index (κ3) is 3.55. The molecule has 0 atom stereocenters. The number of aldehydes is 1. The van der Waals surface area contributed by atoms with E-state index >= 15 is 0 Å². The Balaban J connectivity index is 2.44. The van der Waals surface area contributed by atoms with Crippen molar-refractivity contribution < 1.29 is 14.4 Å². The first-order valence-corrected chi connectivity index (χ1v) is 4.02. The SMILES string of the molecule is CC(=O)NNC(=O)Cn1cc(C=O)nn1. The van der Waals surface area contributed by atoms with Crippen molar-refractivity contribution in [1.29, 1.82) is 0 Å². The molecule has 2 amide bonds. The molecule has 80 valence electrons. The maximum atomic E-state index is 11.1. The molecular weight excluding hydrogens is 202 g/mol. The molecule has 0 saturated carbocycles. The van der Waals surface area contributed by atoms with Crippen molar-refractivity contribution >= 4 is 18.1 Å². The summed E-state index contributed by atoms with van der Waals surface area (Å²) >= 11 is 0. The number of hydrogen-bond acceptors (Lipinski definition) is 5. The number of carbonyl (C=O) groups is 3. The van der Waals surface area contributed by atoms with Crippen molar-refractivity contribution in [2.45, 2.75) is 13.5 Å². The predicted octanol–water partition coefficient (Wildman–Crippen LogP) is -1.74. The molecule has 0 unspecified atom stereocenters. The molecule has 1 aromatic rings. The molecule has 0 bridgehead atoms. The van der Waals surface area contributed by atoms with Crippen LogP contribution in [0.5, 0.6) is 0 Å². The fraction of sp³-hybridized carbons (Fsp3) is 0.286. The zero-order valence-corrected chi connectivity index (χ0v) is 7.93. The van der Waals surface area contributed by atoms with E-state index in [0.717, 1.165) is 0 Å². The third-order valence-electron chi connectivity index (χ3n) is 1.36. The van der Waals surface area contributed by atoms with Crippen LogP contribution >= 0.6 is 0 Å². The van der Waals surface area contributed by atoms with Gasteiger partial charge in [-0.05, 0) is 0 Å². The highest BCUT2D eigenvalue weighted by molar-refractivity contribution is 5.80. The number of hydrogen-bond donors (Lipinski definition) is 2. The van der Waals surface area contributed by atoms with Crippen LogP contribution in [0.1, 0.15) is 17.4 Å². The number of aromatic nitrogens is 3. The van der Waals surface area contributed by atoms with Gasteiger partial charge < -0.3 is 0 Å². The fourth-order valence-corrected chi connectivity index (χ4v) is 0.789. The summed E-state index contributed by atoms with van der Waals surface area (Å²) in [6.07, 6.45) is 1.84. The first-order chi connectivity index (χ1) is 7.11. The van der Waals surface area contributed by atoms with Crippen LogP contribution in [0.3, 0.4) is 0 Å². The van der Waals surface area contributed by atoms with E-state index in [2.05, 4.69) is 21.2 Å². The second-order valence-corrected chi connectivity index (χ2v) is 2.69. The molecule has 0 radical (unpaired) electrons. The minimum atomic E-state index is -0.465. The first kappa shape index (κ1) is 10.8. The van der Waals surface area contributed by atoms with Gasteiger partial charge in [-0.2, -0.15) is 0 Å². The zero-order chi connectivity index (χ0) is 11.3. The average molecular weight is 211 g/mol. The maximum Gasteiger partial charge on any atom is 0.260 e. The van der Waals surface area contributed by atoms with Gasteiger partial charge in [0.1, 0.15) is 12.2 Å². The highest BCUT2D eigenvalue weighted by atomic mass is 16.2. The molecule has 8 heteroatoms. The summed E-state index contributed by atoms with van der Waals surface area (Å²) in [5, 5.41) is 6.98. The van der Waals surface area contributed by atoms with Crippen molar-refractivity contribution in [2.75, 3.05) is 0 Å². The molecule has 2 N–H and O–H groups in total. The number of rotatable bonds is 3. The molecule has 0 spiro atoms. The number of nitrogens with zero attached hydrogens (tertiary/aromatic N) is 3. The van der Waals surface area contributed by atoms with Gasteiger partial charge in [-0.3, -0.25) is 25.2 Å². The summed E-state index contributed by atoms with van der Waals surface area (Å²) in [5.41, 5.74) is 4.40. The molecule has 1 aromatic heterocycles. The Bertz CT molecular complexity index is 386. The van der Waals surface area contributed by atoms with E-state index in [4.69, 9.17) is 0 Å². The van der Waals surface area contributed by atoms with Gasteiger partial charge in [0, 0.05) is 6.92 Å². The van der Waals surface area contributed by atoms with Crippen LogP contribution in [0, 0.1) is 0 Å². The largest absolute Gasteiger partial charge is 0.296 e. The van der Waals surface area contributed by atoms with Crippen molar-refractivity contribution in [3.05, 3.63) is 11.9 Å². The van der Waals surface area contributed by atoms with E-state index in [1.807, 2.05) is 0 Å². The molecule has 15 heavy (non-hydrogen) atoms. The highest BCUT2D eigenvalue weighted by Crippen LogP contribution is 1.87. The molecule has 0 saturated heterocycles. The van der Waals surface area contributed by atoms with Crippen LogP contribution in [-0.2, 0) is 16.1 Å². The Kier molecular flexibility index (Phi) is 3.49. The first-order valence-electron chi connectivity index (χ1n) is 4.02. The normalized spacial score (nSPS) is 9.40. The highest BCUT2D eigenvalue weighted by Gasteiger charge is 2.05. The number of nitrogens with one attached hydrogen (secondary N) is 2. The van der Waals surface area contributed by atoms with Crippen molar-refractivity contribution in [3.63, 3.8) is 0 Å². The van der Waals surface area contributed by atoms with E-state index < -0.39 is 5.91 Å². The quantitative estimate of drug-likeness (QED) is 0.456. The number of amides is 2. The van der Waals surface area contributed by atoms with Crippen molar-refractivity contribution in [2.24, 2.45) is 0 Å². The lowest BCUT2D eigenvalue weighted by molar-refractivity contribution is -0.128. The lowest BCUT2D eigenvalue weighted by Gasteiger charge is -2.03. The van der Waals surface area contributed by atoms with Gasteiger partial charge in [0.25, 0.3) is 5.91 Å². The lowest BCUT2D eigenvalue weighted by atomic mass is 10.5. The third-order valence-corrected chi connectivity index (χ3v) is 1.36. The Labute approximate surface area is 84.6 Å². The van der Waals surface area contributed by atoms with Gasteiger partial charge in [-0.15, -0.1) is 5.10 Å². The lowest BCUT2D eigenvalue weighted by Crippen LogP contribution is -2.42. The Morgan fingerprint density at radius 1 is 1.53 bits per heavy atom. The van der Waals surface area contributed by atoms with Crippen LogP contribution < -0.4 is 10.9 Å². The molecule has 0 aromatic carbocycles. The Morgan fingerprint density at radius 3 is 2.80 bits per heavy atom. The summed E-state index contributed by atoms with van der Waals surface area (Å²) < 4.78 is 1.18. The second kappa shape index (κ2) is 4.84. The topological polar surface area (TPSA) is 106 Å². The summed E-state index contributed by atoms with van der Waals surface area (Å²) in [5.74, 6) is -0.844. The van der Waals surface area contributed by atoms with Crippen LogP contribution in [0.4, 0.5) is 0 Å². The minimum absolute atomic E-state index is 0.124. The van der Waals surface area contributed by atoms with E-state index in [1.165, 1.54) is 17.8 Å². The van der Waals surface area contributed by atoms with Crippen LogP contribution in [0.25, 0.3) is 0 Å².